The molecule has 0 spiro atoms. The molecule has 1 aromatic carbocycles. The molecule has 0 fully saturated rings. The zero-order valence-electron chi connectivity index (χ0n) is 11.3. The van der Waals surface area contributed by atoms with Gasteiger partial charge in [0.15, 0.2) is 11.5 Å². The molecule has 4 heteroatoms. The van der Waals surface area contributed by atoms with Gasteiger partial charge in [-0.3, -0.25) is 0 Å². The molecule has 0 aromatic heterocycles. The molecule has 1 heterocycles. The number of rotatable bonds is 5. The summed E-state index contributed by atoms with van der Waals surface area (Å²) in [6.45, 7) is 4.47. The third kappa shape index (κ3) is 2.76. The van der Waals surface area contributed by atoms with Crippen molar-refractivity contribution in [3.05, 3.63) is 23.3 Å². The van der Waals surface area contributed by atoms with E-state index in [1.807, 2.05) is 20.0 Å². The van der Waals surface area contributed by atoms with E-state index >= 15 is 0 Å². The van der Waals surface area contributed by atoms with E-state index in [9.17, 15) is 0 Å². The molecule has 1 aromatic rings. The minimum atomic E-state index is 0.232. The quantitative estimate of drug-likeness (QED) is 0.840. The van der Waals surface area contributed by atoms with E-state index in [2.05, 4.69) is 18.3 Å². The van der Waals surface area contributed by atoms with Crippen LogP contribution >= 0.6 is 0 Å². The highest BCUT2D eigenvalue weighted by Gasteiger charge is 2.19. The predicted molar refractivity (Wildman–Crippen MR) is 72.0 cm³/mol. The molecular weight excluding hydrogens is 228 g/mol. The summed E-state index contributed by atoms with van der Waals surface area (Å²) in [5, 5.41) is 3.35. The second kappa shape index (κ2) is 5.59. The molecule has 100 valence electrons. The van der Waals surface area contributed by atoms with E-state index in [1.165, 1.54) is 11.1 Å². The fourth-order valence-corrected chi connectivity index (χ4v) is 2.32. The highest BCUT2D eigenvalue weighted by molar-refractivity contribution is 5.49. The number of nitrogens with one attached hydrogen (secondary N) is 1. The van der Waals surface area contributed by atoms with Crippen molar-refractivity contribution < 1.29 is 9.47 Å². The van der Waals surface area contributed by atoms with Crippen LogP contribution in [0, 0.1) is 6.92 Å². The van der Waals surface area contributed by atoms with Crippen LogP contribution in [-0.2, 0) is 0 Å². The molecule has 1 aliphatic heterocycles. The first-order chi connectivity index (χ1) is 8.61. The minimum absolute atomic E-state index is 0.232. The number of aryl methyl sites for hydroxylation is 1. The van der Waals surface area contributed by atoms with Gasteiger partial charge in [-0.1, -0.05) is 0 Å². The summed E-state index contributed by atoms with van der Waals surface area (Å²) in [4.78, 5) is 0. The highest BCUT2D eigenvalue weighted by atomic mass is 16.7. The van der Waals surface area contributed by atoms with E-state index in [-0.39, 0.29) is 6.04 Å². The van der Waals surface area contributed by atoms with Crippen LogP contribution in [0.5, 0.6) is 11.5 Å². The van der Waals surface area contributed by atoms with Crippen molar-refractivity contribution in [3.63, 3.8) is 0 Å². The third-order valence-corrected chi connectivity index (χ3v) is 3.40. The third-order valence-electron chi connectivity index (χ3n) is 3.40. The van der Waals surface area contributed by atoms with Crippen LogP contribution in [0.2, 0.25) is 0 Å². The monoisotopic (exact) mass is 250 g/mol. The zero-order chi connectivity index (χ0) is 13.1. The lowest BCUT2D eigenvalue weighted by Crippen LogP contribution is -2.22. The van der Waals surface area contributed by atoms with Gasteiger partial charge in [-0.15, -0.1) is 0 Å². The number of ether oxygens (including phenoxy) is 2. The van der Waals surface area contributed by atoms with Gasteiger partial charge in [0.1, 0.15) is 0 Å². The Bertz CT molecular complexity index is 419. The Hall–Kier alpha value is -1.26. The molecule has 0 bridgehead atoms. The van der Waals surface area contributed by atoms with Gasteiger partial charge in [0.2, 0.25) is 6.79 Å². The molecule has 4 nitrogen and oxygen atoms in total. The molecule has 0 saturated carbocycles. The van der Waals surface area contributed by atoms with E-state index in [4.69, 9.17) is 15.2 Å². The fraction of sp³-hybridized carbons (Fsp3) is 0.571. The number of hydrogen-bond acceptors (Lipinski definition) is 4. The highest BCUT2D eigenvalue weighted by Crippen LogP contribution is 2.37. The summed E-state index contributed by atoms with van der Waals surface area (Å²) in [5.41, 5.74) is 8.32. The molecular formula is C14H22N2O2. The normalized spacial score (nSPS) is 16.7. The summed E-state index contributed by atoms with van der Waals surface area (Å²) >= 11 is 0. The topological polar surface area (TPSA) is 56.5 Å². The minimum Gasteiger partial charge on any atom is -0.454 e. The Morgan fingerprint density at radius 1 is 1.28 bits per heavy atom. The Morgan fingerprint density at radius 2 is 1.94 bits per heavy atom. The number of benzene rings is 1. The molecule has 18 heavy (non-hydrogen) atoms. The number of fused-ring (bicyclic) bond motifs is 1. The Labute approximate surface area is 108 Å². The molecule has 3 N–H and O–H groups in total. The molecule has 0 aliphatic carbocycles. The van der Waals surface area contributed by atoms with Gasteiger partial charge in [-0.05, 0) is 57.0 Å². The average Bonchev–Trinajstić information content (AvgIpc) is 2.76. The van der Waals surface area contributed by atoms with Crippen molar-refractivity contribution in [2.24, 2.45) is 5.73 Å². The molecule has 1 aliphatic rings. The van der Waals surface area contributed by atoms with E-state index in [0.717, 1.165) is 24.3 Å². The molecule has 0 amide bonds. The van der Waals surface area contributed by atoms with Crippen LogP contribution in [0.15, 0.2) is 12.1 Å². The molecule has 2 unspecified atom stereocenters. The SMILES string of the molecule is CNC(CCC(C)N)c1cc2c(cc1C)OCO2. The standard InChI is InChI=1S/C14H22N2O2/c1-9-6-13-14(18-8-17-13)7-11(9)12(16-3)5-4-10(2)15/h6-7,10,12,16H,4-5,8,15H2,1-3H3. The Kier molecular flexibility index (Phi) is 4.09. The summed E-state index contributed by atoms with van der Waals surface area (Å²) in [5.74, 6) is 1.69. The van der Waals surface area contributed by atoms with Gasteiger partial charge < -0.3 is 20.5 Å². The van der Waals surface area contributed by atoms with Crippen molar-refractivity contribution in [1.82, 2.24) is 5.32 Å². The predicted octanol–water partition coefficient (Wildman–Crippen LogP) is 2.11. The second-order valence-electron chi connectivity index (χ2n) is 4.96. The number of hydrogen-bond donors (Lipinski definition) is 2. The van der Waals surface area contributed by atoms with Crippen LogP contribution in [0.4, 0.5) is 0 Å². The maximum Gasteiger partial charge on any atom is 0.231 e. The van der Waals surface area contributed by atoms with Crippen molar-refractivity contribution in [1.29, 1.82) is 0 Å². The lowest BCUT2D eigenvalue weighted by atomic mass is 9.95. The zero-order valence-corrected chi connectivity index (χ0v) is 11.3. The molecule has 0 radical (unpaired) electrons. The summed E-state index contributed by atoms with van der Waals surface area (Å²) in [6.07, 6.45) is 2.02. The van der Waals surface area contributed by atoms with E-state index in [0.29, 0.717) is 12.8 Å². The van der Waals surface area contributed by atoms with Crippen LogP contribution in [0.25, 0.3) is 0 Å². The summed E-state index contributed by atoms with van der Waals surface area (Å²) in [6, 6.07) is 4.68. The van der Waals surface area contributed by atoms with E-state index in [1.54, 1.807) is 0 Å². The van der Waals surface area contributed by atoms with Gasteiger partial charge in [-0.25, -0.2) is 0 Å². The Balaban J connectivity index is 2.19. The van der Waals surface area contributed by atoms with Gasteiger partial charge in [0.05, 0.1) is 0 Å². The van der Waals surface area contributed by atoms with Gasteiger partial charge >= 0.3 is 0 Å². The fourth-order valence-electron chi connectivity index (χ4n) is 2.32. The lowest BCUT2D eigenvalue weighted by Gasteiger charge is -2.20. The smallest absolute Gasteiger partial charge is 0.231 e. The van der Waals surface area contributed by atoms with Gasteiger partial charge in [-0.2, -0.15) is 0 Å². The van der Waals surface area contributed by atoms with Crippen molar-refractivity contribution in [2.45, 2.75) is 38.8 Å². The van der Waals surface area contributed by atoms with Crippen molar-refractivity contribution in [2.75, 3.05) is 13.8 Å². The van der Waals surface area contributed by atoms with Crippen LogP contribution in [0.3, 0.4) is 0 Å². The molecule has 2 rings (SSSR count). The number of nitrogens with two attached hydrogens (primary N) is 1. The molecule has 0 saturated heterocycles. The second-order valence-corrected chi connectivity index (χ2v) is 4.96. The van der Waals surface area contributed by atoms with Crippen LogP contribution in [-0.4, -0.2) is 19.9 Å². The first-order valence-corrected chi connectivity index (χ1v) is 6.44. The van der Waals surface area contributed by atoms with Crippen LogP contribution in [0.1, 0.15) is 36.9 Å². The van der Waals surface area contributed by atoms with E-state index < -0.39 is 0 Å². The Morgan fingerprint density at radius 3 is 2.56 bits per heavy atom. The maximum atomic E-state index is 5.83. The van der Waals surface area contributed by atoms with Crippen molar-refractivity contribution >= 4 is 0 Å². The summed E-state index contributed by atoms with van der Waals surface area (Å²) < 4.78 is 10.8. The van der Waals surface area contributed by atoms with Crippen molar-refractivity contribution in [3.8, 4) is 11.5 Å². The molecule has 2 atom stereocenters. The average molecular weight is 250 g/mol. The first-order valence-electron chi connectivity index (χ1n) is 6.44. The lowest BCUT2D eigenvalue weighted by molar-refractivity contribution is 0.174. The van der Waals surface area contributed by atoms with Gasteiger partial charge in [0, 0.05) is 12.1 Å². The largest absolute Gasteiger partial charge is 0.454 e. The summed E-state index contributed by atoms with van der Waals surface area (Å²) in [7, 11) is 1.98. The van der Waals surface area contributed by atoms with Crippen LogP contribution < -0.4 is 20.5 Å². The first kappa shape index (κ1) is 13.2. The van der Waals surface area contributed by atoms with Gasteiger partial charge in [0.25, 0.3) is 0 Å². The maximum absolute atomic E-state index is 5.83.